The number of carbonyl (C=O) groups excluding carboxylic acids is 1. The molecule has 3 aromatic rings. The van der Waals surface area contributed by atoms with Gasteiger partial charge < -0.3 is 10.3 Å². The Bertz CT molecular complexity index is 656. The zero-order valence-corrected chi connectivity index (χ0v) is 8.64. The van der Waals surface area contributed by atoms with E-state index in [4.69, 9.17) is 0 Å². The van der Waals surface area contributed by atoms with Crippen LogP contribution in [0.5, 0.6) is 0 Å². The van der Waals surface area contributed by atoms with Crippen LogP contribution in [0, 0.1) is 0 Å². The van der Waals surface area contributed by atoms with Crippen molar-refractivity contribution < 1.29 is 4.79 Å². The van der Waals surface area contributed by atoms with Crippen molar-refractivity contribution in [3.8, 4) is 0 Å². The predicted molar refractivity (Wildman–Crippen MR) is 60.4 cm³/mol. The van der Waals surface area contributed by atoms with Crippen LogP contribution in [-0.4, -0.2) is 31.3 Å². The van der Waals surface area contributed by atoms with Crippen molar-refractivity contribution in [1.82, 2.24) is 25.4 Å². The van der Waals surface area contributed by atoms with Crippen molar-refractivity contribution in [2.75, 3.05) is 5.32 Å². The summed E-state index contributed by atoms with van der Waals surface area (Å²) in [6.07, 6.45) is 3.02. The van der Waals surface area contributed by atoms with E-state index in [0.29, 0.717) is 11.4 Å². The molecule has 7 heteroatoms. The first kappa shape index (κ1) is 9.52. The summed E-state index contributed by atoms with van der Waals surface area (Å²) >= 11 is 0. The molecule has 0 bridgehead atoms. The summed E-state index contributed by atoms with van der Waals surface area (Å²) in [5.41, 5.74) is 2.17. The molecule has 0 saturated heterocycles. The van der Waals surface area contributed by atoms with E-state index >= 15 is 0 Å². The Balaban J connectivity index is 1.90. The summed E-state index contributed by atoms with van der Waals surface area (Å²) in [6.45, 7) is 0. The molecule has 0 aliphatic rings. The second kappa shape index (κ2) is 3.71. The highest BCUT2D eigenvalue weighted by Crippen LogP contribution is 2.12. The van der Waals surface area contributed by atoms with Gasteiger partial charge in [0, 0.05) is 5.56 Å². The monoisotopic (exact) mass is 228 g/mol. The minimum atomic E-state index is -0.240. The molecule has 1 amide bonds. The number of carbonyl (C=O) groups is 1. The van der Waals surface area contributed by atoms with Crippen molar-refractivity contribution in [1.29, 1.82) is 0 Å². The van der Waals surface area contributed by atoms with Crippen molar-refractivity contribution >= 4 is 22.8 Å². The van der Waals surface area contributed by atoms with Gasteiger partial charge in [-0.1, -0.05) is 0 Å². The molecule has 0 fully saturated rings. The Morgan fingerprint density at radius 1 is 1.35 bits per heavy atom. The Hall–Kier alpha value is -2.70. The molecule has 0 saturated carbocycles. The predicted octanol–water partition coefficient (Wildman–Crippen LogP) is 0.933. The van der Waals surface area contributed by atoms with Crippen LogP contribution < -0.4 is 5.32 Å². The van der Waals surface area contributed by atoms with Gasteiger partial charge >= 0.3 is 0 Å². The highest BCUT2D eigenvalue weighted by atomic mass is 16.1. The number of aromatic amines is 2. The van der Waals surface area contributed by atoms with Crippen molar-refractivity contribution in [2.24, 2.45) is 0 Å². The lowest BCUT2D eigenvalue weighted by atomic mass is 10.2. The summed E-state index contributed by atoms with van der Waals surface area (Å²) in [5.74, 6) is 0.148. The molecular weight excluding hydrogens is 220 g/mol. The zero-order valence-electron chi connectivity index (χ0n) is 8.64. The summed E-state index contributed by atoms with van der Waals surface area (Å²) in [6, 6.07) is 5.22. The number of imidazole rings is 1. The number of nitrogens with zero attached hydrogens (tertiary/aromatic N) is 3. The van der Waals surface area contributed by atoms with E-state index in [-0.39, 0.29) is 5.91 Å². The highest BCUT2D eigenvalue weighted by Gasteiger charge is 2.08. The zero-order chi connectivity index (χ0) is 11.7. The number of nitrogens with one attached hydrogen (secondary N) is 3. The molecule has 0 spiro atoms. The average molecular weight is 228 g/mol. The Morgan fingerprint density at radius 3 is 3.12 bits per heavy atom. The fourth-order valence-corrected chi connectivity index (χ4v) is 1.53. The van der Waals surface area contributed by atoms with Gasteiger partial charge in [0.05, 0.1) is 23.6 Å². The fraction of sp³-hybridized carbons (Fsp3) is 0. The van der Waals surface area contributed by atoms with E-state index in [1.807, 2.05) is 0 Å². The van der Waals surface area contributed by atoms with Crippen LogP contribution in [-0.2, 0) is 0 Å². The number of aromatic nitrogens is 5. The largest absolute Gasteiger partial charge is 0.345 e. The lowest BCUT2D eigenvalue weighted by Gasteiger charge is -2.00. The van der Waals surface area contributed by atoms with Gasteiger partial charge in [-0.25, -0.2) is 4.98 Å². The van der Waals surface area contributed by atoms with Gasteiger partial charge in [0.25, 0.3) is 5.91 Å². The molecule has 0 aliphatic heterocycles. The summed E-state index contributed by atoms with van der Waals surface area (Å²) in [5, 5.41) is 12.4. The maximum atomic E-state index is 11.9. The topological polar surface area (TPSA) is 99.3 Å². The van der Waals surface area contributed by atoms with Gasteiger partial charge in [0.15, 0.2) is 5.82 Å². The Kier molecular flexibility index (Phi) is 2.08. The average Bonchev–Trinajstić information content (AvgIpc) is 2.97. The summed E-state index contributed by atoms with van der Waals surface area (Å²) < 4.78 is 0. The minimum Gasteiger partial charge on any atom is -0.345 e. The summed E-state index contributed by atoms with van der Waals surface area (Å²) in [7, 11) is 0. The van der Waals surface area contributed by atoms with Crippen LogP contribution in [0.25, 0.3) is 11.0 Å². The maximum Gasteiger partial charge on any atom is 0.256 e. The van der Waals surface area contributed by atoms with Gasteiger partial charge in [-0.15, -0.1) is 5.10 Å². The van der Waals surface area contributed by atoms with Gasteiger partial charge in [-0.3, -0.25) is 4.79 Å². The number of hydrogen-bond donors (Lipinski definition) is 3. The molecule has 17 heavy (non-hydrogen) atoms. The van der Waals surface area contributed by atoms with Crippen LogP contribution in [0.4, 0.5) is 5.82 Å². The van der Waals surface area contributed by atoms with E-state index in [1.54, 1.807) is 24.5 Å². The number of fused-ring (bicyclic) bond motifs is 1. The van der Waals surface area contributed by atoms with Gasteiger partial charge in [0.2, 0.25) is 0 Å². The molecule has 0 aliphatic carbocycles. The molecule has 3 rings (SSSR count). The molecule has 2 aromatic heterocycles. The number of anilines is 1. The third-order valence-electron chi connectivity index (χ3n) is 2.34. The first-order valence-electron chi connectivity index (χ1n) is 4.93. The van der Waals surface area contributed by atoms with Crippen LogP contribution in [0.2, 0.25) is 0 Å². The standard InChI is InChI=1S/C10H8N6O/c17-10(14-9-4-13-16-15-9)6-1-2-7-8(3-6)12-5-11-7/h1-5H,(H,11,12)(H2,13,14,15,16,17). The van der Waals surface area contributed by atoms with E-state index in [9.17, 15) is 4.79 Å². The number of H-pyrrole nitrogens is 2. The van der Waals surface area contributed by atoms with Crippen molar-refractivity contribution in [2.45, 2.75) is 0 Å². The maximum absolute atomic E-state index is 11.9. The Morgan fingerprint density at radius 2 is 2.29 bits per heavy atom. The Labute approximate surface area is 95.3 Å². The minimum absolute atomic E-state index is 0.240. The number of hydrogen-bond acceptors (Lipinski definition) is 4. The number of rotatable bonds is 2. The van der Waals surface area contributed by atoms with E-state index < -0.39 is 0 Å². The van der Waals surface area contributed by atoms with Crippen LogP contribution >= 0.6 is 0 Å². The lowest BCUT2D eigenvalue weighted by molar-refractivity contribution is 0.102. The van der Waals surface area contributed by atoms with Crippen LogP contribution in [0.15, 0.2) is 30.7 Å². The molecule has 2 heterocycles. The highest BCUT2D eigenvalue weighted by molar-refractivity contribution is 6.05. The first-order chi connectivity index (χ1) is 8.33. The molecule has 0 atom stereocenters. The molecule has 0 unspecified atom stereocenters. The van der Waals surface area contributed by atoms with Gasteiger partial charge in [0.1, 0.15) is 0 Å². The third-order valence-corrected chi connectivity index (χ3v) is 2.34. The van der Waals surface area contributed by atoms with E-state index in [0.717, 1.165) is 11.0 Å². The van der Waals surface area contributed by atoms with E-state index in [1.165, 1.54) is 6.20 Å². The molecule has 7 nitrogen and oxygen atoms in total. The number of amides is 1. The van der Waals surface area contributed by atoms with Gasteiger partial charge in [-0.05, 0) is 18.2 Å². The smallest absolute Gasteiger partial charge is 0.256 e. The van der Waals surface area contributed by atoms with Crippen LogP contribution in [0.3, 0.4) is 0 Å². The second-order valence-electron chi connectivity index (χ2n) is 3.44. The summed E-state index contributed by atoms with van der Waals surface area (Å²) in [4.78, 5) is 18.9. The molecule has 1 aromatic carbocycles. The molecule has 0 radical (unpaired) electrons. The number of benzene rings is 1. The molecular formula is C10H8N6O. The third kappa shape index (κ3) is 1.73. The van der Waals surface area contributed by atoms with Crippen molar-refractivity contribution in [3.05, 3.63) is 36.3 Å². The quantitative estimate of drug-likeness (QED) is 0.607. The lowest BCUT2D eigenvalue weighted by Crippen LogP contribution is -2.12. The fourth-order valence-electron chi connectivity index (χ4n) is 1.53. The van der Waals surface area contributed by atoms with Crippen molar-refractivity contribution in [3.63, 3.8) is 0 Å². The first-order valence-corrected chi connectivity index (χ1v) is 4.93. The van der Waals surface area contributed by atoms with Gasteiger partial charge in [-0.2, -0.15) is 10.3 Å². The second-order valence-corrected chi connectivity index (χ2v) is 3.44. The molecule has 3 N–H and O–H groups in total. The SMILES string of the molecule is O=C(Nc1cn[nH]n1)c1ccc2nc[nH]c2c1. The molecule has 84 valence electrons. The van der Waals surface area contributed by atoms with E-state index in [2.05, 4.69) is 30.7 Å². The normalized spacial score (nSPS) is 10.6. The van der Waals surface area contributed by atoms with Crippen LogP contribution in [0.1, 0.15) is 10.4 Å².